The van der Waals surface area contributed by atoms with E-state index in [1.54, 1.807) is 13.0 Å². The van der Waals surface area contributed by atoms with Crippen LogP contribution in [0.3, 0.4) is 0 Å². The fourth-order valence-electron chi connectivity index (χ4n) is 2.38. The average Bonchev–Trinajstić information content (AvgIpc) is 2.88. The summed E-state index contributed by atoms with van der Waals surface area (Å²) in [6, 6.07) is 15.5. The van der Waals surface area contributed by atoms with Gasteiger partial charge >= 0.3 is 0 Å². The van der Waals surface area contributed by atoms with Crippen LogP contribution in [0.5, 0.6) is 5.75 Å². The Hall–Kier alpha value is -2.05. The number of benzene rings is 2. The van der Waals surface area contributed by atoms with Crippen molar-refractivity contribution in [3.05, 3.63) is 69.0 Å². The highest BCUT2D eigenvalue weighted by Crippen LogP contribution is 2.33. The van der Waals surface area contributed by atoms with Crippen molar-refractivity contribution in [2.45, 2.75) is 13.5 Å². The fourth-order valence-corrected chi connectivity index (χ4v) is 3.80. The van der Waals surface area contributed by atoms with Crippen LogP contribution < -0.4 is 4.74 Å². The number of carbonyl (C=O) groups is 2. The number of hydrogen-bond donors (Lipinski definition) is 0. The molecule has 128 valence electrons. The van der Waals surface area contributed by atoms with E-state index in [9.17, 15) is 9.59 Å². The van der Waals surface area contributed by atoms with Gasteiger partial charge in [-0.3, -0.25) is 14.5 Å². The molecule has 2 aromatic rings. The number of likely N-dealkylation sites (N-methyl/N-ethyl adjacent to an activating group) is 1. The third-order valence-electron chi connectivity index (χ3n) is 3.68. The highest BCUT2D eigenvalue weighted by Gasteiger charge is 2.33. The molecule has 1 aliphatic rings. The molecule has 2 aromatic carbocycles. The number of amides is 2. The van der Waals surface area contributed by atoms with Crippen LogP contribution in [0.2, 0.25) is 0 Å². The molecule has 0 aromatic heterocycles. The molecule has 25 heavy (non-hydrogen) atoms. The van der Waals surface area contributed by atoms with Crippen LogP contribution in [-0.2, 0) is 11.4 Å². The van der Waals surface area contributed by atoms with E-state index in [4.69, 9.17) is 4.74 Å². The molecule has 0 bridgehead atoms. The van der Waals surface area contributed by atoms with E-state index in [0.717, 1.165) is 33.1 Å². The quantitative estimate of drug-likeness (QED) is 0.635. The Balaban J connectivity index is 1.73. The number of hydrogen-bond acceptors (Lipinski definition) is 4. The zero-order chi connectivity index (χ0) is 17.8. The molecule has 0 unspecified atom stereocenters. The van der Waals surface area contributed by atoms with Crippen molar-refractivity contribution in [2.24, 2.45) is 0 Å². The SMILES string of the molecule is CCN1C(=O)S/C(=C/c2ccc(OCc3ccccc3)c(Br)c2)C1=O. The predicted molar refractivity (Wildman–Crippen MR) is 103 cm³/mol. The van der Waals surface area contributed by atoms with Crippen LogP contribution in [0.4, 0.5) is 4.79 Å². The largest absolute Gasteiger partial charge is 0.488 e. The van der Waals surface area contributed by atoms with Crippen LogP contribution in [0.1, 0.15) is 18.1 Å². The predicted octanol–water partition coefficient (Wildman–Crippen LogP) is 5.08. The number of carbonyl (C=O) groups excluding carboxylic acids is 2. The third kappa shape index (κ3) is 4.14. The first-order valence-corrected chi connectivity index (χ1v) is 9.41. The van der Waals surface area contributed by atoms with E-state index in [1.807, 2.05) is 48.5 Å². The Kier molecular flexibility index (Phi) is 5.60. The van der Waals surface area contributed by atoms with Crippen LogP contribution in [0.15, 0.2) is 57.9 Å². The molecule has 2 amide bonds. The molecule has 0 N–H and O–H groups in total. The van der Waals surface area contributed by atoms with Crippen molar-refractivity contribution in [3.63, 3.8) is 0 Å². The van der Waals surface area contributed by atoms with Gasteiger partial charge in [-0.05, 0) is 64.0 Å². The topological polar surface area (TPSA) is 46.6 Å². The first-order valence-electron chi connectivity index (χ1n) is 7.80. The molecule has 1 saturated heterocycles. The number of halogens is 1. The summed E-state index contributed by atoms with van der Waals surface area (Å²) in [6.07, 6.45) is 1.73. The van der Waals surface area contributed by atoms with Gasteiger partial charge in [-0.25, -0.2) is 0 Å². The van der Waals surface area contributed by atoms with Gasteiger partial charge < -0.3 is 4.74 Å². The maximum Gasteiger partial charge on any atom is 0.293 e. The summed E-state index contributed by atoms with van der Waals surface area (Å²) >= 11 is 4.47. The zero-order valence-corrected chi connectivity index (χ0v) is 16.0. The van der Waals surface area contributed by atoms with E-state index in [0.29, 0.717) is 18.1 Å². The van der Waals surface area contributed by atoms with Crippen molar-refractivity contribution in [3.8, 4) is 5.75 Å². The van der Waals surface area contributed by atoms with Crippen molar-refractivity contribution in [1.82, 2.24) is 4.90 Å². The number of imide groups is 1. The summed E-state index contributed by atoms with van der Waals surface area (Å²) in [5.74, 6) is 0.487. The molecule has 0 spiro atoms. The second-order valence-electron chi connectivity index (χ2n) is 5.39. The van der Waals surface area contributed by atoms with Crippen LogP contribution in [-0.4, -0.2) is 22.6 Å². The smallest absolute Gasteiger partial charge is 0.293 e. The Labute approximate surface area is 159 Å². The second-order valence-corrected chi connectivity index (χ2v) is 7.24. The monoisotopic (exact) mass is 417 g/mol. The van der Waals surface area contributed by atoms with Gasteiger partial charge in [-0.15, -0.1) is 0 Å². The molecule has 3 rings (SSSR count). The van der Waals surface area contributed by atoms with Crippen molar-refractivity contribution >= 4 is 44.9 Å². The summed E-state index contributed by atoms with van der Waals surface area (Å²) in [5.41, 5.74) is 1.92. The molecule has 0 radical (unpaired) electrons. The van der Waals surface area contributed by atoms with Crippen LogP contribution in [0.25, 0.3) is 6.08 Å². The lowest BCUT2D eigenvalue weighted by atomic mass is 10.2. The third-order valence-corrected chi connectivity index (χ3v) is 5.21. The van der Waals surface area contributed by atoms with E-state index in [2.05, 4.69) is 15.9 Å². The summed E-state index contributed by atoms with van der Waals surface area (Å²) in [7, 11) is 0. The highest BCUT2D eigenvalue weighted by molar-refractivity contribution is 9.10. The van der Waals surface area contributed by atoms with Crippen molar-refractivity contribution in [2.75, 3.05) is 6.54 Å². The van der Waals surface area contributed by atoms with Crippen molar-refractivity contribution < 1.29 is 14.3 Å². The molecular weight excluding hydrogens is 402 g/mol. The molecule has 0 aliphatic carbocycles. The normalized spacial score (nSPS) is 15.9. The van der Waals surface area contributed by atoms with E-state index >= 15 is 0 Å². The van der Waals surface area contributed by atoms with Gasteiger partial charge in [0.05, 0.1) is 9.38 Å². The maximum absolute atomic E-state index is 12.1. The van der Waals surface area contributed by atoms with Gasteiger partial charge in [0.2, 0.25) is 0 Å². The molecular formula is C19H16BrNO3S. The lowest BCUT2D eigenvalue weighted by Crippen LogP contribution is -2.27. The Morgan fingerprint density at radius 3 is 2.56 bits per heavy atom. The minimum Gasteiger partial charge on any atom is -0.488 e. The summed E-state index contributed by atoms with van der Waals surface area (Å²) < 4.78 is 6.62. The highest BCUT2D eigenvalue weighted by atomic mass is 79.9. The Morgan fingerprint density at radius 2 is 1.92 bits per heavy atom. The molecule has 1 heterocycles. The number of ether oxygens (including phenoxy) is 1. The van der Waals surface area contributed by atoms with Crippen LogP contribution >= 0.6 is 27.7 Å². The van der Waals surface area contributed by atoms with Gasteiger partial charge in [-0.2, -0.15) is 0 Å². The number of nitrogens with zero attached hydrogens (tertiary/aromatic N) is 1. The van der Waals surface area contributed by atoms with Gasteiger partial charge in [0, 0.05) is 6.54 Å². The summed E-state index contributed by atoms with van der Waals surface area (Å²) in [6.45, 7) is 2.65. The van der Waals surface area contributed by atoms with Gasteiger partial charge in [-0.1, -0.05) is 36.4 Å². The molecule has 0 atom stereocenters. The van der Waals surface area contributed by atoms with Crippen LogP contribution in [0, 0.1) is 0 Å². The average molecular weight is 418 g/mol. The standard InChI is InChI=1S/C19H16BrNO3S/c1-2-21-18(22)17(25-19(21)23)11-14-8-9-16(15(20)10-14)24-12-13-6-4-3-5-7-13/h3-11H,2,12H2,1H3/b17-11+. The molecule has 0 saturated carbocycles. The molecule has 1 fully saturated rings. The lowest BCUT2D eigenvalue weighted by molar-refractivity contribution is -0.122. The maximum atomic E-state index is 12.1. The summed E-state index contributed by atoms with van der Waals surface area (Å²) in [5, 5.41) is -0.222. The zero-order valence-electron chi connectivity index (χ0n) is 13.6. The van der Waals surface area contributed by atoms with Gasteiger partial charge in [0.25, 0.3) is 11.1 Å². The Bertz CT molecular complexity index is 836. The molecule has 6 heteroatoms. The van der Waals surface area contributed by atoms with Gasteiger partial charge in [0.15, 0.2) is 0 Å². The van der Waals surface area contributed by atoms with E-state index < -0.39 is 0 Å². The van der Waals surface area contributed by atoms with Crippen molar-refractivity contribution in [1.29, 1.82) is 0 Å². The summed E-state index contributed by atoms with van der Waals surface area (Å²) in [4.78, 5) is 25.6. The molecule has 4 nitrogen and oxygen atoms in total. The number of thioether (sulfide) groups is 1. The Morgan fingerprint density at radius 1 is 1.16 bits per heavy atom. The molecule has 1 aliphatic heterocycles. The van der Waals surface area contributed by atoms with Gasteiger partial charge in [0.1, 0.15) is 12.4 Å². The lowest BCUT2D eigenvalue weighted by Gasteiger charge is -2.09. The minimum atomic E-state index is -0.238. The van der Waals surface area contributed by atoms with E-state index in [1.165, 1.54) is 4.90 Å². The minimum absolute atomic E-state index is 0.222. The van der Waals surface area contributed by atoms with E-state index in [-0.39, 0.29) is 11.1 Å². The first kappa shape index (κ1) is 17.8. The fraction of sp³-hybridized carbons (Fsp3) is 0.158. The second kappa shape index (κ2) is 7.89. The first-order chi connectivity index (χ1) is 12.1. The number of rotatable bonds is 5.